The maximum absolute atomic E-state index is 11.7. The summed E-state index contributed by atoms with van der Waals surface area (Å²) in [5, 5.41) is 8.61. The highest BCUT2D eigenvalue weighted by molar-refractivity contribution is 5.36. The molecule has 0 radical (unpaired) electrons. The van der Waals surface area contributed by atoms with Crippen molar-refractivity contribution in [3.63, 3.8) is 0 Å². The Balaban J connectivity index is 2.25. The first-order chi connectivity index (χ1) is 8.01. The maximum atomic E-state index is 11.7. The molecule has 0 bridgehead atoms. The van der Waals surface area contributed by atoms with Crippen LogP contribution in [-0.4, -0.2) is 26.0 Å². The SMILES string of the molecule is N#Cc1cccc(OCCOCC(F)(F)F)c1. The van der Waals surface area contributed by atoms with E-state index in [9.17, 15) is 13.2 Å². The molecule has 0 aliphatic rings. The summed E-state index contributed by atoms with van der Waals surface area (Å²) in [7, 11) is 0. The molecule has 0 spiro atoms. The summed E-state index contributed by atoms with van der Waals surface area (Å²) in [6.07, 6.45) is -4.32. The quantitative estimate of drug-likeness (QED) is 0.748. The Bertz CT molecular complexity index is 398. The Morgan fingerprint density at radius 3 is 2.65 bits per heavy atom. The van der Waals surface area contributed by atoms with Gasteiger partial charge >= 0.3 is 6.18 Å². The molecular weight excluding hydrogens is 235 g/mol. The van der Waals surface area contributed by atoms with Crippen LogP contribution < -0.4 is 4.74 Å². The lowest BCUT2D eigenvalue weighted by Gasteiger charge is -2.09. The van der Waals surface area contributed by atoms with Crippen molar-refractivity contribution in [2.24, 2.45) is 0 Å². The Morgan fingerprint density at radius 2 is 2.00 bits per heavy atom. The van der Waals surface area contributed by atoms with E-state index in [1.807, 2.05) is 6.07 Å². The van der Waals surface area contributed by atoms with Gasteiger partial charge < -0.3 is 9.47 Å². The molecule has 1 rings (SSSR count). The summed E-state index contributed by atoms with van der Waals surface area (Å²) in [6, 6.07) is 8.28. The Morgan fingerprint density at radius 1 is 1.24 bits per heavy atom. The molecule has 17 heavy (non-hydrogen) atoms. The van der Waals surface area contributed by atoms with Gasteiger partial charge in [0.15, 0.2) is 0 Å². The van der Waals surface area contributed by atoms with Gasteiger partial charge in [-0.2, -0.15) is 18.4 Å². The molecule has 0 atom stereocenters. The fourth-order valence-corrected chi connectivity index (χ4v) is 1.06. The normalized spacial score (nSPS) is 10.9. The summed E-state index contributed by atoms with van der Waals surface area (Å²) in [5.74, 6) is 0.430. The van der Waals surface area contributed by atoms with Crippen molar-refractivity contribution in [1.82, 2.24) is 0 Å². The minimum Gasteiger partial charge on any atom is -0.491 e. The van der Waals surface area contributed by atoms with Gasteiger partial charge in [0.05, 0.1) is 18.2 Å². The molecule has 0 saturated carbocycles. The van der Waals surface area contributed by atoms with E-state index in [2.05, 4.69) is 4.74 Å². The van der Waals surface area contributed by atoms with Crippen molar-refractivity contribution >= 4 is 0 Å². The van der Waals surface area contributed by atoms with Crippen molar-refractivity contribution in [3.8, 4) is 11.8 Å². The fourth-order valence-electron chi connectivity index (χ4n) is 1.06. The van der Waals surface area contributed by atoms with E-state index >= 15 is 0 Å². The molecule has 0 aliphatic carbocycles. The number of nitrogens with zero attached hydrogens (tertiary/aromatic N) is 1. The number of alkyl halides is 3. The Kier molecular flexibility index (Phi) is 4.79. The maximum Gasteiger partial charge on any atom is 0.411 e. The molecule has 6 heteroatoms. The Labute approximate surface area is 96.4 Å². The van der Waals surface area contributed by atoms with Gasteiger partial charge in [0.1, 0.15) is 19.0 Å². The lowest BCUT2D eigenvalue weighted by molar-refractivity contribution is -0.175. The molecule has 0 aromatic heterocycles. The molecule has 0 saturated heterocycles. The van der Waals surface area contributed by atoms with Gasteiger partial charge in [-0.3, -0.25) is 0 Å². The standard InChI is InChI=1S/C11H10F3NO2/c12-11(13,14)8-16-4-5-17-10-3-1-2-9(6-10)7-15/h1-3,6H,4-5,8H2. The zero-order valence-corrected chi connectivity index (χ0v) is 8.83. The van der Waals surface area contributed by atoms with E-state index in [0.717, 1.165) is 0 Å². The van der Waals surface area contributed by atoms with Crippen molar-refractivity contribution in [2.75, 3.05) is 19.8 Å². The summed E-state index contributed by atoms with van der Waals surface area (Å²) >= 11 is 0. The van der Waals surface area contributed by atoms with Crippen LogP contribution in [-0.2, 0) is 4.74 Å². The molecule has 0 fully saturated rings. The van der Waals surface area contributed by atoms with Gasteiger partial charge in [0, 0.05) is 0 Å². The molecule has 92 valence electrons. The minimum atomic E-state index is -4.32. The number of rotatable bonds is 5. The van der Waals surface area contributed by atoms with Crippen LogP contribution in [0.3, 0.4) is 0 Å². The van der Waals surface area contributed by atoms with Crippen LogP contribution in [0.4, 0.5) is 13.2 Å². The van der Waals surface area contributed by atoms with Crippen LogP contribution in [0, 0.1) is 11.3 Å². The van der Waals surface area contributed by atoms with Gasteiger partial charge in [-0.1, -0.05) is 6.07 Å². The molecule has 1 aromatic carbocycles. The number of ether oxygens (including phenoxy) is 2. The largest absolute Gasteiger partial charge is 0.491 e. The number of hydrogen-bond acceptors (Lipinski definition) is 3. The highest BCUT2D eigenvalue weighted by Gasteiger charge is 2.27. The van der Waals surface area contributed by atoms with Crippen LogP contribution >= 0.6 is 0 Å². The van der Waals surface area contributed by atoms with E-state index in [1.165, 1.54) is 6.07 Å². The van der Waals surface area contributed by atoms with Crippen molar-refractivity contribution in [1.29, 1.82) is 5.26 Å². The average Bonchev–Trinajstić information content (AvgIpc) is 2.27. The molecule has 0 heterocycles. The van der Waals surface area contributed by atoms with Crippen molar-refractivity contribution in [3.05, 3.63) is 29.8 Å². The monoisotopic (exact) mass is 245 g/mol. The average molecular weight is 245 g/mol. The summed E-state index contributed by atoms with van der Waals surface area (Å²) in [5.41, 5.74) is 0.429. The second-order valence-corrected chi connectivity index (χ2v) is 3.16. The van der Waals surface area contributed by atoms with Gasteiger partial charge in [-0.05, 0) is 18.2 Å². The van der Waals surface area contributed by atoms with Crippen molar-refractivity contribution in [2.45, 2.75) is 6.18 Å². The predicted octanol–water partition coefficient (Wildman–Crippen LogP) is 2.52. The van der Waals surface area contributed by atoms with Crippen molar-refractivity contribution < 1.29 is 22.6 Å². The smallest absolute Gasteiger partial charge is 0.411 e. The Hall–Kier alpha value is -1.74. The zero-order chi connectivity index (χ0) is 12.7. The molecule has 3 nitrogen and oxygen atoms in total. The lowest BCUT2D eigenvalue weighted by atomic mass is 10.2. The van der Waals surface area contributed by atoms with Gasteiger partial charge in [-0.25, -0.2) is 0 Å². The summed E-state index contributed by atoms with van der Waals surface area (Å²) in [4.78, 5) is 0. The fraction of sp³-hybridized carbons (Fsp3) is 0.364. The third-order valence-electron chi connectivity index (χ3n) is 1.73. The minimum absolute atomic E-state index is 0.00492. The number of halogens is 3. The molecule has 0 unspecified atom stereocenters. The first-order valence-electron chi connectivity index (χ1n) is 4.79. The van der Waals surface area contributed by atoms with Crippen LogP contribution in [0.25, 0.3) is 0 Å². The molecule has 0 amide bonds. The number of benzene rings is 1. The van der Waals surface area contributed by atoms with Crippen LogP contribution in [0.1, 0.15) is 5.56 Å². The highest BCUT2D eigenvalue weighted by Crippen LogP contribution is 2.15. The molecule has 1 aromatic rings. The lowest BCUT2D eigenvalue weighted by Crippen LogP contribution is -2.19. The third kappa shape index (κ3) is 5.78. The number of hydrogen-bond donors (Lipinski definition) is 0. The van der Waals surface area contributed by atoms with Gasteiger partial charge in [0.25, 0.3) is 0 Å². The topological polar surface area (TPSA) is 42.2 Å². The van der Waals surface area contributed by atoms with Crippen LogP contribution in [0.5, 0.6) is 5.75 Å². The summed E-state index contributed by atoms with van der Waals surface area (Å²) in [6.45, 7) is -1.43. The first kappa shape index (κ1) is 13.3. The molecule has 0 N–H and O–H groups in total. The van der Waals surface area contributed by atoms with E-state index in [0.29, 0.717) is 11.3 Å². The second-order valence-electron chi connectivity index (χ2n) is 3.16. The van der Waals surface area contributed by atoms with E-state index in [-0.39, 0.29) is 13.2 Å². The zero-order valence-electron chi connectivity index (χ0n) is 8.83. The first-order valence-corrected chi connectivity index (χ1v) is 4.79. The van der Waals surface area contributed by atoms with Gasteiger partial charge in [-0.15, -0.1) is 0 Å². The highest BCUT2D eigenvalue weighted by atomic mass is 19.4. The third-order valence-corrected chi connectivity index (χ3v) is 1.73. The predicted molar refractivity (Wildman–Crippen MR) is 53.5 cm³/mol. The second kappa shape index (κ2) is 6.11. The number of nitriles is 1. The van der Waals surface area contributed by atoms with Crippen LogP contribution in [0.15, 0.2) is 24.3 Å². The van der Waals surface area contributed by atoms with E-state index < -0.39 is 12.8 Å². The molecule has 0 aliphatic heterocycles. The molecular formula is C11H10F3NO2. The summed E-state index contributed by atoms with van der Waals surface area (Å²) < 4.78 is 44.6. The van der Waals surface area contributed by atoms with E-state index in [1.54, 1.807) is 18.2 Å². The van der Waals surface area contributed by atoms with Gasteiger partial charge in [0.2, 0.25) is 0 Å². The van der Waals surface area contributed by atoms with E-state index in [4.69, 9.17) is 10.00 Å². The van der Waals surface area contributed by atoms with Crippen LogP contribution in [0.2, 0.25) is 0 Å².